The fourth-order valence-electron chi connectivity index (χ4n) is 3.68. The van der Waals surface area contributed by atoms with Gasteiger partial charge in [-0.15, -0.1) is 0 Å². The van der Waals surface area contributed by atoms with Crippen molar-refractivity contribution in [2.45, 2.75) is 33.0 Å². The van der Waals surface area contributed by atoms with Crippen LogP contribution >= 0.6 is 0 Å². The molecule has 0 spiro atoms. The lowest BCUT2D eigenvalue weighted by atomic mass is 10.0. The first-order valence-electron chi connectivity index (χ1n) is 10.2. The summed E-state index contributed by atoms with van der Waals surface area (Å²) >= 11 is 0. The van der Waals surface area contributed by atoms with Gasteiger partial charge in [0.15, 0.2) is 0 Å². The van der Waals surface area contributed by atoms with E-state index in [-0.39, 0.29) is 6.04 Å². The summed E-state index contributed by atoms with van der Waals surface area (Å²) in [5, 5.41) is 6.15. The second-order valence-electron chi connectivity index (χ2n) is 7.49. The maximum absolute atomic E-state index is 6.31. The highest BCUT2D eigenvalue weighted by atomic mass is 16.5. The number of aryl methyl sites for hydroxylation is 1. The maximum atomic E-state index is 6.31. The molecule has 0 saturated heterocycles. The van der Waals surface area contributed by atoms with Crippen molar-refractivity contribution in [2.75, 3.05) is 0 Å². The van der Waals surface area contributed by atoms with Crippen LogP contribution in [0.15, 0.2) is 91.0 Å². The van der Waals surface area contributed by atoms with E-state index in [2.05, 4.69) is 110 Å². The van der Waals surface area contributed by atoms with Gasteiger partial charge < -0.3 is 10.1 Å². The number of benzene rings is 4. The van der Waals surface area contributed by atoms with Gasteiger partial charge >= 0.3 is 0 Å². The predicted octanol–water partition coefficient (Wildman–Crippen LogP) is 6.58. The first-order chi connectivity index (χ1) is 14.2. The molecule has 1 N–H and O–H groups in total. The van der Waals surface area contributed by atoms with Crippen LogP contribution in [-0.2, 0) is 13.2 Å². The fourth-order valence-corrected chi connectivity index (χ4v) is 3.68. The van der Waals surface area contributed by atoms with Crippen LogP contribution < -0.4 is 10.1 Å². The van der Waals surface area contributed by atoms with Gasteiger partial charge in [0.05, 0.1) is 0 Å². The van der Waals surface area contributed by atoms with Crippen LogP contribution in [0.25, 0.3) is 10.8 Å². The number of rotatable bonds is 7. The summed E-state index contributed by atoms with van der Waals surface area (Å²) < 4.78 is 6.31. The van der Waals surface area contributed by atoms with Gasteiger partial charge in [0.2, 0.25) is 0 Å². The maximum Gasteiger partial charge on any atom is 0.124 e. The van der Waals surface area contributed by atoms with E-state index in [1.807, 2.05) is 0 Å². The lowest BCUT2D eigenvalue weighted by molar-refractivity contribution is 0.301. The zero-order chi connectivity index (χ0) is 20.1. The molecule has 1 atom stereocenters. The molecule has 1 unspecified atom stereocenters. The van der Waals surface area contributed by atoms with E-state index in [4.69, 9.17) is 4.74 Å². The molecule has 0 amide bonds. The van der Waals surface area contributed by atoms with Crippen molar-refractivity contribution in [1.29, 1.82) is 0 Å². The Morgan fingerprint density at radius 3 is 2.34 bits per heavy atom. The first kappa shape index (κ1) is 19.2. The standard InChI is InChI=1S/C27H27NO/c1-20-10-6-7-14-24(20)19-29-27-17-16-23-13-8-9-15-25(23)26(27)18-28-21(2)22-11-4-3-5-12-22/h3-17,21,28H,18-19H2,1-2H3. The van der Waals surface area contributed by atoms with E-state index in [1.165, 1.54) is 33.0 Å². The zero-order valence-corrected chi connectivity index (χ0v) is 17.1. The highest BCUT2D eigenvalue weighted by molar-refractivity contribution is 5.87. The third-order valence-corrected chi connectivity index (χ3v) is 5.53. The van der Waals surface area contributed by atoms with Crippen molar-refractivity contribution >= 4 is 10.8 Å². The van der Waals surface area contributed by atoms with Crippen molar-refractivity contribution in [3.8, 4) is 5.75 Å². The summed E-state index contributed by atoms with van der Waals surface area (Å²) in [6.07, 6.45) is 0. The molecule has 0 aromatic heterocycles. The molecule has 4 aromatic rings. The third-order valence-electron chi connectivity index (χ3n) is 5.53. The zero-order valence-electron chi connectivity index (χ0n) is 17.1. The van der Waals surface area contributed by atoms with Crippen LogP contribution in [0.3, 0.4) is 0 Å². The monoisotopic (exact) mass is 381 g/mol. The fraction of sp³-hybridized carbons (Fsp3) is 0.185. The van der Waals surface area contributed by atoms with Gasteiger partial charge in [-0.05, 0) is 47.4 Å². The van der Waals surface area contributed by atoms with Crippen LogP contribution in [-0.4, -0.2) is 0 Å². The van der Waals surface area contributed by atoms with Crippen LogP contribution in [0, 0.1) is 6.92 Å². The quantitative estimate of drug-likeness (QED) is 0.390. The third kappa shape index (κ3) is 4.49. The molecule has 0 saturated carbocycles. The average molecular weight is 382 g/mol. The van der Waals surface area contributed by atoms with Gasteiger partial charge in [0, 0.05) is 18.2 Å². The molecule has 0 bridgehead atoms. The summed E-state index contributed by atoms with van der Waals surface area (Å²) in [5.41, 5.74) is 4.97. The summed E-state index contributed by atoms with van der Waals surface area (Å²) in [6.45, 7) is 5.66. The minimum atomic E-state index is 0.263. The molecule has 0 fully saturated rings. The first-order valence-corrected chi connectivity index (χ1v) is 10.2. The Morgan fingerprint density at radius 2 is 1.52 bits per heavy atom. The van der Waals surface area contributed by atoms with E-state index >= 15 is 0 Å². The molecule has 0 aliphatic carbocycles. The van der Waals surface area contributed by atoms with E-state index in [0.717, 1.165) is 12.3 Å². The number of hydrogen-bond acceptors (Lipinski definition) is 2. The smallest absolute Gasteiger partial charge is 0.124 e. The predicted molar refractivity (Wildman–Crippen MR) is 121 cm³/mol. The minimum absolute atomic E-state index is 0.263. The van der Waals surface area contributed by atoms with Crippen molar-refractivity contribution in [3.63, 3.8) is 0 Å². The Hall–Kier alpha value is -3.10. The molecule has 2 nitrogen and oxygen atoms in total. The molecule has 29 heavy (non-hydrogen) atoms. The van der Waals surface area contributed by atoms with Gasteiger partial charge in [-0.3, -0.25) is 0 Å². The normalized spacial score (nSPS) is 12.1. The number of ether oxygens (including phenoxy) is 1. The highest BCUT2D eigenvalue weighted by Crippen LogP contribution is 2.29. The van der Waals surface area contributed by atoms with Gasteiger partial charge in [-0.25, -0.2) is 0 Å². The molecule has 0 heterocycles. The van der Waals surface area contributed by atoms with Crippen LogP contribution in [0.4, 0.5) is 0 Å². The van der Waals surface area contributed by atoms with Crippen molar-refractivity contribution in [1.82, 2.24) is 5.32 Å². The van der Waals surface area contributed by atoms with E-state index in [9.17, 15) is 0 Å². The molecule has 4 rings (SSSR count). The molecule has 0 radical (unpaired) electrons. The van der Waals surface area contributed by atoms with Gasteiger partial charge in [0.25, 0.3) is 0 Å². The molecule has 4 aromatic carbocycles. The van der Waals surface area contributed by atoms with Gasteiger partial charge in [0.1, 0.15) is 12.4 Å². The van der Waals surface area contributed by atoms with E-state index < -0.39 is 0 Å². The molecule has 0 aliphatic rings. The summed E-state index contributed by atoms with van der Waals surface area (Å²) in [7, 11) is 0. The lowest BCUT2D eigenvalue weighted by Crippen LogP contribution is -2.18. The van der Waals surface area contributed by atoms with Gasteiger partial charge in [-0.1, -0.05) is 84.9 Å². The Balaban J connectivity index is 1.59. The number of nitrogens with one attached hydrogen (secondary N) is 1. The summed E-state index contributed by atoms with van der Waals surface area (Å²) in [6, 6.07) is 32.0. The number of hydrogen-bond donors (Lipinski definition) is 1. The van der Waals surface area contributed by atoms with Crippen molar-refractivity contribution in [2.24, 2.45) is 0 Å². The molecule has 0 aliphatic heterocycles. The largest absolute Gasteiger partial charge is 0.489 e. The van der Waals surface area contributed by atoms with Crippen LogP contribution in [0.1, 0.15) is 35.2 Å². The lowest BCUT2D eigenvalue weighted by Gasteiger charge is -2.19. The van der Waals surface area contributed by atoms with Crippen molar-refractivity contribution < 1.29 is 4.74 Å². The molecule has 2 heteroatoms. The summed E-state index contributed by atoms with van der Waals surface area (Å²) in [5.74, 6) is 0.944. The second kappa shape index (κ2) is 8.93. The van der Waals surface area contributed by atoms with Gasteiger partial charge in [-0.2, -0.15) is 0 Å². The number of fused-ring (bicyclic) bond motifs is 1. The van der Waals surface area contributed by atoms with Crippen molar-refractivity contribution in [3.05, 3.63) is 113 Å². The van der Waals surface area contributed by atoms with E-state index in [0.29, 0.717) is 6.61 Å². The molecule has 146 valence electrons. The topological polar surface area (TPSA) is 21.3 Å². The minimum Gasteiger partial charge on any atom is -0.489 e. The highest BCUT2D eigenvalue weighted by Gasteiger charge is 2.12. The Labute approximate surface area is 173 Å². The Morgan fingerprint density at radius 1 is 0.793 bits per heavy atom. The molecular weight excluding hydrogens is 354 g/mol. The molecular formula is C27H27NO. The Bertz CT molecular complexity index is 1090. The summed E-state index contributed by atoms with van der Waals surface area (Å²) in [4.78, 5) is 0. The van der Waals surface area contributed by atoms with E-state index in [1.54, 1.807) is 0 Å². The second-order valence-corrected chi connectivity index (χ2v) is 7.49. The Kier molecular flexibility index (Phi) is 5.92. The van der Waals surface area contributed by atoms with Crippen LogP contribution in [0.2, 0.25) is 0 Å². The SMILES string of the molecule is Cc1ccccc1COc1ccc2ccccc2c1CNC(C)c1ccccc1. The van der Waals surface area contributed by atoms with Crippen LogP contribution in [0.5, 0.6) is 5.75 Å². The average Bonchev–Trinajstić information content (AvgIpc) is 2.77.